The van der Waals surface area contributed by atoms with Crippen LogP contribution in [-0.4, -0.2) is 53.6 Å². The van der Waals surface area contributed by atoms with Crippen LogP contribution in [0.5, 0.6) is 0 Å². The second-order valence-corrected chi connectivity index (χ2v) is 6.90. The summed E-state index contributed by atoms with van der Waals surface area (Å²) >= 11 is 0. The first-order valence-electron chi connectivity index (χ1n) is 9.86. The molecule has 1 saturated heterocycles. The predicted octanol–water partition coefficient (Wildman–Crippen LogP) is 2.17. The van der Waals surface area contributed by atoms with Crippen molar-refractivity contribution in [1.29, 1.82) is 0 Å². The number of nitrogens with one attached hydrogen (secondary N) is 1. The molecule has 29 heavy (non-hydrogen) atoms. The van der Waals surface area contributed by atoms with Gasteiger partial charge in [0, 0.05) is 45.1 Å². The smallest absolute Gasteiger partial charge is 0.270 e. The highest BCUT2D eigenvalue weighted by Gasteiger charge is 2.20. The molecule has 0 atom stereocenters. The molecule has 4 rings (SSSR count). The average molecular weight is 388 g/mol. The number of piperazine rings is 1. The van der Waals surface area contributed by atoms with Crippen LogP contribution in [0.3, 0.4) is 0 Å². The number of carbonyl (C=O) groups is 1. The third-order valence-corrected chi connectivity index (χ3v) is 4.95. The van der Waals surface area contributed by atoms with Crippen LogP contribution in [0.25, 0.3) is 0 Å². The summed E-state index contributed by atoms with van der Waals surface area (Å²) in [5.41, 5.74) is 1.59. The van der Waals surface area contributed by atoms with Gasteiger partial charge in [-0.05, 0) is 30.2 Å². The zero-order valence-corrected chi connectivity index (χ0v) is 16.2. The maximum Gasteiger partial charge on any atom is 0.270 e. The van der Waals surface area contributed by atoms with Crippen LogP contribution < -0.4 is 15.1 Å². The van der Waals surface area contributed by atoms with Crippen LogP contribution in [0.4, 0.5) is 11.8 Å². The van der Waals surface area contributed by atoms with Crippen LogP contribution >= 0.6 is 0 Å². The molecule has 0 radical (unpaired) electrons. The summed E-state index contributed by atoms with van der Waals surface area (Å²) in [6, 6.07) is 17.7. The molecule has 0 bridgehead atoms. The van der Waals surface area contributed by atoms with Crippen LogP contribution in [0, 0.1) is 0 Å². The number of pyridine rings is 1. The Morgan fingerprint density at radius 3 is 2.38 bits per heavy atom. The van der Waals surface area contributed by atoms with Gasteiger partial charge in [0.1, 0.15) is 11.5 Å². The van der Waals surface area contributed by atoms with Gasteiger partial charge in [0.2, 0.25) is 5.95 Å². The van der Waals surface area contributed by atoms with Gasteiger partial charge in [-0.1, -0.05) is 36.4 Å². The van der Waals surface area contributed by atoms with E-state index in [-0.39, 0.29) is 5.91 Å². The minimum Gasteiger partial charge on any atom is -0.353 e. The Morgan fingerprint density at radius 1 is 0.862 bits per heavy atom. The molecule has 2 aromatic heterocycles. The lowest BCUT2D eigenvalue weighted by Gasteiger charge is -2.35. The predicted molar refractivity (Wildman–Crippen MR) is 113 cm³/mol. The highest BCUT2D eigenvalue weighted by atomic mass is 16.1. The molecule has 7 nitrogen and oxygen atoms in total. The highest BCUT2D eigenvalue weighted by molar-refractivity contribution is 5.92. The average Bonchev–Trinajstić information content (AvgIpc) is 2.80. The fourth-order valence-electron chi connectivity index (χ4n) is 3.36. The monoisotopic (exact) mass is 388 g/mol. The van der Waals surface area contributed by atoms with E-state index in [4.69, 9.17) is 0 Å². The van der Waals surface area contributed by atoms with Crippen molar-refractivity contribution >= 4 is 17.7 Å². The van der Waals surface area contributed by atoms with E-state index >= 15 is 0 Å². The Kier molecular flexibility index (Phi) is 5.95. The van der Waals surface area contributed by atoms with Gasteiger partial charge in [0.25, 0.3) is 5.91 Å². The minimum atomic E-state index is -0.170. The number of hydrogen-bond acceptors (Lipinski definition) is 6. The van der Waals surface area contributed by atoms with Gasteiger partial charge in [-0.25, -0.2) is 15.0 Å². The van der Waals surface area contributed by atoms with Gasteiger partial charge in [-0.2, -0.15) is 0 Å². The van der Waals surface area contributed by atoms with Gasteiger partial charge >= 0.3 is 0 Å². The molecule has 1 amide bonds. The molecular weight excluding hydrogens is 364 g/mol. The topological polar surface area (TPSA) is 74.2 Å². The maximum absolute atomic E-state index is 12.5. The standard InChI is InChI=1S/C22H24N6O/c29-21(24-12-9-18-6-2-1-3-7-18)19-10-13-25-22(26-19)28-16-14-27(15-17-28)20-8-4-5-11-23-20/h1-8,10-11,13H,9,12,14-17H2,(H,24,29). The summed E-state index contributed by atoms with van der Waals surface area (Å²) in [6.45, 7) is 3.83. The number of anilines is 2. The number of hydrogen-bond donors (Lipinski definition) is 1. The number of carbonyl (C=O) groups excluding carboxylic acids is 1. The fraction of sp³-hybridized carbons (Fsp3) is 0.273. The number of rotatable bonds is 6. The quantitative estimate of drug-likeness (QED) is 0.698. The molecule has 3 heterocycles. The summed E-state index contributed by atoms with van der Waals surface area (Å²) in [5.74, 6) is 1.41. The normalized spacial score (nSPS) is 13.9. The molecule has 0 saturated carbocycles. The van der Waals surface area contributed by atoms with E-state index in [9.17, 15) is 4.79 Å². The van der Waals surface area contributed by atoms with Crippen molar-refractivity contribution in [1.82, 2.24) is 20.3 Å². The minimum absolute atomic E-state index is 0.170. The number of amides is 1. The highest BCUT2D eigenvalue weighted by Crippen LogP contribution is 2.16. The van der Waals surface area contributed by atoms with E-state index in [2.05, 4.69) is 42.2 Å². The van der Waals surface area contributed by atoms with Crippen molar-refractivity contribution in [3.8, 4) is 0 Å². The number of benzene rings is 1. The van der Waals surface area contributed by atoms with Crippen molar-refractivity contribution in [2.75, 3.05) is 42.5 Å². The summed E-state index contributed by atoms with van der Waals surface area (Å²) in [5, 5.41) is 2.94. The van der Waals surface area contributed by atoms with E-state index in [1.54, 1.807) is 12.3 Å². The first-order valence-corrected chi connectivity index (χ1v) is 9.86. The van der Waals surface area contributed by atoms with E-state index in [0.717, 1.165) is 38.4 Å². The van der Waals surface area contributed by atoms with Crippen molar-refractivity contribution < 1.29 is 4.79 Å². The fourth-order valence-corrected chi connectivity index (χ4v) is 3.36. The zero-order chi connectivity index (χ0) is 19.9. The molecule has 1 N–H and O–H groups in total. The molecule has 1 aliphatic heterocycles. The molecule has 0 aliphatic carbocycles. The van der Waals surface area contributed by atoms with Gasteiger partial charge < -0.3 is 15.1 Å². The summed E-state index contributed by atoms with van der Waals surface area (Å²) in [7, 11) is 0. The molecule has 0 unspecified atom stereocenters. The molecule has 1 aromatic carbocycles. The number of aromatic nitrogens is 3. The lowest BCUT2D eigenvalue weighted by molar-refractivity contribution is 0.0949. The second kappa shape index (κ2) is 9.14. The van der Waals surface area contributed by atoms with Crippen LogP contribution in [0.15, 0.2) is 67.0 Å². The first kappa shape index (κ1) is 18.9. The van der Waals surface area contributed by atoms with E-state index < -0.39 is 0 Å². The lowest BCUT2D eigenvalue weighted by atomic mass is 10.1. The molecule has 3 aromatic rings. The third kappa shape index (κ3) is 4.87. The van der Waals surface area contributed by atoms with E-state index in [0.29, 0.717) is 18.2 Å². The Morgan fingerprint density at radius 2 is 1.62 bits per heavy atom. The Balaban J connectivity index is 1.32. The largest absolute Gasteiger partial charge is 0.353 e. The maximum atomic E-state index is 12.5. The van der Waals surface area contributed by atoms with Crippen molar-refractivity contribution in [3.63, 3.8) is 0 Å². The first-order chi connectivity index (χ1) is 14.3. The van der Waals surface area contributed by atoms with Gasteiger partial charge in [-0.15, -0.1) is 0 Å². The van der Waals surface area contributed by atoms with Crippen LogP contribution in [-0.2, 0) is 6.42 Å². The molecule has 148 valence electrons. The van der Waals surface area contributed by atoms with Gasteiger partial charge in [0.05, 0.1) is 0 Å². The molecule has 1 aliphatic rings. The Labute approximate surface area is 170 Å². The molecule has 0 spiro atoms. The van der Waals surface area contributed by atoms with Gasteiger partial charge in [-0.3, -0.25) is 4.79 Å². The molecule has 1 fully saturated rings. The molecular formula is C22H24N6O. The lowest BCUT2D eigenvalue weighted by Crippen LogP contribution is -2.47. The second-order valence-electron chi connectivity index (χ2n) is 6.90. The van der Waals surface area contributed by atoms with Crippen molar-refractivity contribution in [2.24, 2.45) is 0 Å². The number of nitrogens with zero attached hydrogens (tertiary/aromatic N) is 5. The summed E-state index contributed by atoms with van der Waals surface area (Å²) in [6.07, 6.45) is 4.25. The summed E-state index contributed by atoms with van der Waals surface area (Å²) < 4.78 is 0. The summed E-state index contributed by atoms with van der Waals surface area (Å²) in [4.78, 5) is 30.1. The SMILES string of the molecule is O=C(NCCc1ccccc1)c1ccnc(N2CCN(c3ccccn3)CC2)n1. The Bertz CT molecular complexity index is 926. The zero-order valence-electron chi connectivity index (χ0n) is 16.2. The van der Waals surface area contributed by atoms with Crippen LogP contribution in [0.2, 0.25) is 0 Å². The van der Waals surface area contributed by atoms with Crippen LogP contribution in [0.1, 0.15) is 16.1 Å². The van der Waals surface area contributed by atoms with Crippen molar-refractivity contribution in [3.05, 3.63) is 78.2 Å². The third-order valence-electron chi connectivity index (χ3n) is 4.95. The van der Waals surface area contributed by atoms with E-state index in [1.807, 2.05) is 42.6 Å². The Hall–Kier alpha value is -3.48. The van der Waals surface area contributed by atoms with Crippen molar-refractivity contribution in [2.45, 2.75) is 6.42 Å². The van der Waals surface area contributed by atoms with E-state index in [1.165, 1.54) is 5.56 Å². The molecule has 7 heteroatoms. The van der Waals surface area contributed by atoms with Gasteiger partial charge in [0.15, 0.2) is 0 Å².